The van der Waals surface area contributed by atoms with Crippen LogP contribution in [-0.4, -0.2) is 23.4 Å². The van der Waals surface area contributed by atoms with E-state index >= 15 is 0 Å². The van der Waals surface area contributed by atoms with Gasteiger partial charge < -0.3 is 4.90 Å². The van der Waals surface area contributed by atoms with Crippen molar-refractivity contribution in [1.82, 2.24) is 4.90 Å². The summed E-state index contributed by atoms with van der Waals surface area (Å²) in [6, 6.07) is 5.21. The third kappa shape index (κ3) is 3.36. The molecule has 0 spiro atoms. The highest BCUT2D eigenvalue weighted by molar-refractivity contribution is 6.42. The number of carbonyl (C=O) groups excluding carboxylic acids is 1. The molecule has 2 nitrogen and oxygen atoms in total. The summed E-state index contributed by atoms with van der Waals surface area (Å²) in [5, 5.41) is 0.882. The van der Waals surface area contributed by atoms with Crippen molar-refractivity contribution in [3.05, 3.63) is 33.8 Å². The van der Waals surface area contributed by atoms with Crippen LogP contribution in [0, 0.1) is 0 Å². The van der Waals surface area contributed by atoms with Crippen LogP contribution in [0.2, 0.25) is 10.0 Å². The molecule has 0 aromatic heterocycles. The number of halogens is 2. The van der Waals surface area contributed by atoms with Crippen molar-refractivity contribution in [3.8, 4) is 0 Å². The second kappa shape index (κ2) is 6.27. The highest BCUT2D eigenvalue weighted by atomic mass is 35.5. The highest BCUT2D eigenvalue weighted by Gasteiger charge is 2.19. The molecule has 0 heterocycles. The first-order chi connectivity index (χ1) is 8.01. The molecule has 0 N–H and O–H groups in total. The summed E-state index contributed by atoms with van der Waals surface area (Å²) in [6.07, 6.45) is 0.931. The maximum atomic E-state index is 12.3. The molecule has 0 bridgehead atoms. The Balaban J connectivity index is 2.98. The Morgan fingerprint density at radius 2 is 1.94 bits per heavy atom. The highest BCUT2D eigenvalue weighted by Crippen LogP contribution is 2.23. The molecule has 0 aliphatic carbocycles. The average molecular weight is 274 g/mol. The molecule has 1 rings (SSSR count). The van der Waals surface area contributed by atoms with Crippen molar-refractivity contribution in [2.24, 2.45) is 0 Å². The molecule has 0 fully saturated rings. The molecular weight excluding hydrogens is 257 g/mol. The van der Waals surface area contributed by atoms with E-state index < -0.39 is 0 Å². The summed E-state index contributed by atoms with van der Waals surface area (Å²) in [5.74, 6) is 0.000386. The van der Waals surface area contributed by atoms with Crippen molar-refractivity contribution < 1.29 is 4.79 Å². The van der Waals surface area contributed by atoms with E-state index in [1.165, 1.54) is 0 Å². The molecule has 94 valence electrons. The SMILES string of the molecule is CCC(C)N(CC)C(=O)c1ccc(Cl)c(Cl)c1. The summed E-state index contributed by atoms with van der Waals surface area (Å²) >= 11 is 11.7. The first-order valence-electron chi connectivity index (χ1n) is 5.77. The molecule has 4 heteroatoms. The van der Waals surface area contributed by atoms with Gasteiger partial charge in [0.05, 0.1) is 10.0 Å². The topological polar surface area (TPSA) is 20.3 Å². The van der Waals surface area contributed by atoms with E-state index in [-0.39, 0.29) is 11.9 Å². The third-order valence-corrected chi connectivity index (χ3v) is 3.63. The quantitative estimate of drug-likeness (QED) is 0.803. The summed E-state index contributed by atoms with van der Waals surface area (Å²) in [5.41, 5.74) is 0.585. The lowest BCUT2D eigenvalue weighted by Gasteiger charge is -2.27. The first kappa shape index (κ1) is 14.3. The van der Waals surface area contributed by atoms with Gasteiger partial charge in [0.15, 0.2) is 0 Å². The summed E-state index contributed by atoms with van der Waals surface area (Å²) in [7, 11) is 0. The van der Waals surface area contributed by atoms with Gasteiger partial charge in [0.1, 0.15) is 0 Å². The van der Waals surface area contributed by atoms with Gasteiger partial charge in [-0.3, -0.25) is 4.79 Å². The van der Waals surface area contributed by atoms with E-state index in [4.69, 9.17) is 23.2 Å². The van der Waals surface area contributed by atoms with Gasteiger partial charge >= 0.3 is 0 Å². The average Bonchev–Trinajstić information content (AvgIpc) is 2.33. The lowest BCUT2D eigenvalue weighted by molar-refractivity contribution is 0.0700. The number of rotatable bonds is 4. The van der Waals surface area contributed by atoms with Gasteiger partial charge in [-0.2, -0.15) is 0 Å². The van der Waals surface area contributed by atoms with Crippen molar-refractivity contribution in [2.75, 3.05) is 6.54 Å². The molecule has 1 atom stereocenters. The molecule has 1 unspecified atom stereocenters. The van der Waals surface area contributed by atoms with Gasteiger partial charge in [-0.1, -0.05) is 30.1 Å². The van der Waals surface area contributed by atoms with E-state index in [0.717, 1.165) is 6.42 Å². The Labute approximate surface area is 113 Å². The van der Waals surface area contributed by atoms with Crippen molar-refractivity contribution in [3.63, 3.8) is 0 Å². The molecule has 0 aliphatic rings. The van der Waals surface area contributed by atoms with Crippen molar-refractivity contribution in [1.29, 1.82) is 0 Å². The Morgan fingerprint density at radius 1 is 1.29 bits per heavy atom. The number of benzene rings is 1. The molecule has 0 aliphatic heterocycles. The Bertz CT molecular complexity index is 406. The Hall–Kier alpha value is -0.730. The van der Waals surface area contributed by atoms with Crippen LogP contribution in [0.4, 0.5) is 0 Å². The number of hydrogen-bond donors (Lipinski definition) is 0. The van der Waals surface area contributed by atoms with E-state index in [2.05, 4.69) is 6.92 Å². The number of carbonyl (C=O) groups is 1. The van der Waals surface area contributed by atoms with Crippen molar-refractivity contribution >= 4 is 29.1 Å². The minimum Gasteiger partial charge on any atom is -0.336 e. The monoisotopic (exact) mass is 273 g/mol. The van der Waals surface area contributed by atoms with Gasteiger partial charge in [-0.05, 0) is 38.5 Å². The van der Waals surface area contributed by atoms with Crippen LogP contribution in [0.3, 0.4) is 0 Å². The van der Waals surface area contributed by atoms with Gasteiger partial charge in [-0.15, -0.1) is 0 Å². The minimum absolute atomic E-state index is 0.000386. The second-order valence-electron chi connectivity index (χ2n) is 3.98. The fourth-order valence-electron chi connectivity index (χ4n) is 1.67. The Morgan fingerprint density at radius 3 is 2.41 bits per heavy atom. The summed E-state index contributed by atoms with van der Waals surface area (Å²) < 4.78 is 0. The second-order valence-corrected chi connectivity index (χ2v) is 4.79. The smallest absolute Gasteiger partial charge is 0.254 e. The van der Waals surface area contributed by atoms with Crippen LogP contribution in [-0.2, 0) is 0 Å². The molecule has 0 saturated heterocycles. The van der Waals surface area contributed by atoms with Gasteiger partial charge in [-0.25, -0.2) is 0 Å². The zero-order chi connectivity index (χ0) is 13.0. The van der Waals surface area contributed by atoms with Crippen LogP contribution in [0.25, 0.3) is 0 Å². The predicted octanol–water partition coefficient (Wildman–Crippen LogP) is 4.25. The lowest BCUT2D eigenvalue weighted by Crippen LogP contribution is -2.38. The fourth-order valence-corrected chi connectivity index (χ4v) is 1.97. The summed E-state index contributed by atoms with van der Waals surface area (Å²) in [6.45, 7) is 6.77. The molecule has 1 aromatic carbocycles. The standard InChI is InChI=1S/C13H17Cl2NO/c1-4-9(3)16(5-2)13(17)10-6-7-11(14)12(15)8-10/h6-9H,4-5H2,1-3H3. The maximum absolute atomic E-state index is 12.3. The molecule has 0 saturated carbocycles. The molecule has 0 radical (unpaired) electrons. The molecule has 1 aromatic rings. The van der Waals surface area contributed by atoms with Gasteiger partial charge in [0.2, 0.25) is 0 Å². The maximum Gasteiger partial charge on any atom is 0.254 e. The van der Waals surface area contributed by atoms with Gasteiger partial charge in [0.25, 0.3) is 5.91 Å². The zero-order valence-corrected chi connectivity index (χ0v) is 11.8. The largest absolute Gasteiger partial charge is 0.336 e. The molecule has 1 amide bonds. The number of hydrogen-bond acceptors (Lipinski definition) is 1. The minimum atomic E-state index is 0.000386. The van der Waals surface area contributed by atoms with Crippen LogP contribution in [0.5, 0.6) is 0 Å². The zero-order valence-electron chi connectivity index (χ0n) is 10.3. The van der Waals surface area contributed by atoms with E-state index in [9.17, 15) is 4.79 Å². The van der Waals surface area contributed by atoms with Crippen LogP contribution >= 0.6 is 23.2 Å². The van der Waals surface area contributed by atoms with E-state index in [0.29, 0.717) is 22.2 Å². The van der Waals surface area contributed by atoms with Crippen LogP contribution < -0.4 is 0 Å². The van der Waals surface area contributed by atoms with E-state index in [1.54, 1.807) is 18.2 Å². The normalized spacial score (nSPS) is 12.3. The Kier molecular flexibility index (Phi) is 5.29. The summed E-state index contributed by atoms with van der Waals surface area (Å²) in [4.78, 5) is 14.1. The van der Waals surface area contributed by atoms with Crippen LogP contribution in [0.15, 0.2) is 18.2 Å². The number of nitrogens with zero attached hydrogens (tertiary/aromatic N) is 1. The molecule has 17 heavy (non-hydrogen) atoms. The van der Waals surface area contributed by atoms with E-state index in [1.807, 2.05) is 18.7 Å². The fraction of sp³-hybridized carbons (Fsp3) is 0.462. The predicted molar refractivity (Wildman–Crippen MR) is 72.9 cm³/mol. The van der Waals surface area contributed by atoms with Crippen LogP contribution in [0.1, 0.15) is 37.6 Å². The third-order valence-electron chi connectivity index (χ3n) is 2.89. The van der Waals surface area contributed by atoms with Gasteiger partial charge in [0, 0.05) is 18.2 Å². The first-order valence-corrected chi connectivity index (χ1v) is 6.52. The molecular formula is C13H17Cl2NO. The van der Waals surface area contributed by atoms with Crippen molar-refractivity contribution in [2.45, 2.75) is 33.2 Å². The number of amides is 1. The lowest BCUT2D eigenvalue weighted by atomic mass is 10.1.